The van der Waals surface area contributed by atoms with Crippen LogP contribution in [0, 0.1) is 27.7 Å². The molecule has 0 heterocycles. The molecule has 0 saturated heterocycles. The Labute approximate surface area is 97.9 Å². The Balaban J connectivity index is 2.77. The van der Waals surface area contributed by atoms with Crippen molar-refractivity contribution in [1.82, 2.24) is 0 Å². The molecule has 0 amide bonds. The lowest BCUT2D eigenvalue weighted by molar-refractivity contribution is 1.46. The fourth-order valence-electron chi connectivity index (χ4n) is 1.95. The molecule has 0 aromatic heterocycles. The molecule has 0 fully saturated rings. The molecule has 0 bridgehead atoms. The highest BCUT2D eigenvalue weighted by molar-refractivity contribution is 5.79. The second-order valence-electron chi connectivity index (χ2n) is 3.90. The van der Waals surface area contributed by atoms with Crippen LogP contribution in [0.5, 0.6) is 0 Å². The lowest BCUT2D eigenvalue weighted by Gasteiger charge is -2.14. The Kier molecular flexibility index (Phi) is 2.82. The molecule has 0 heteroatoms. The number of rotatable bonds is 1. The Morgan fingerprint density at radius 2 is 0.750 bits per heavy atom. The third-order valence-electron chi connectivity index (χ3n) is 2.72. The molecule has 2 aromatic carbocycles. The summed E-state index contributed by atoms with van der Waals surface area (Å²) in [7, 11) is 0. The summed E-state index contributed by atoms with van der Waals surface area (Å²) < 4.78 is 0. The van der Waals surface area contributed by atoms with Gasteiger partial charge in [-0.3, -0.25) is 0 Å². The second kappa shape index (κ2) is 4.13. The van der Waals surface area contributed by atoms with Crippen LogP contribution in [-0.2, 0) is 0 Å². The van der Waals surface area contributed by atoms with Crippen molar-refractivity contribution in [3.8, 4) is 11.1 Å². The van der Waals surface area contributed by atoms with Gasteiger partial charge in [-0.1, -0.05) is 36.4 Å². The van der Waals surface area contributed by atoms with Gasteiger partial charge < -0.3 is 0 Å². The van der Waals surface area contributed by atoms with Gasteiger partial charge in [-0.05, 0) is 61.1 Å². The molecule has 2 rings (SSSR count). The molecule has 0 unspecified atom stereocenters. The highest BCUT2D eigenvalue weighted by Gasteiger charge is 2.10. The Morgan fingerprint density at radius 1 is 0.500 bits per heavy atom. The van der Waals surface area contributed by atoms with Crippen molar-refractivity contribution in [3.05, 3.63) is 86.3 Å². The first-order chi connectivity index (χ1) is 7.61. The zero-order chi connectivity index (χ0) is 11.7. The van der Waals surface area contributed by atoms with Crippen molar-refractivity contribution in [3.63, 3.8) is 0 Å². The predicted octanol–water partition coefficient (Wildman–Crippen LogP) is 4.08. The molecule has 78 valence electrons. The van der Waals surface area contributed by atoms with Gasteiger partial charge in [0, 0.05) is 0 Å². The maximum absolute atomic E-state index is 4.04. The summed E-state index contributed by atoms with van der Waals surface area (Å²) in [6, 6.07) is 11.9. The van der Waals surface area contributed by atoms with Crippen LogP contribution >= 0.6 is 0 Å². The first-order valence-electron chi connectivity index (χ1n) is 5.15. The van der Waals surface area contributed by atoms with Crippen molar-refractivity contribution in [2.24, 2.45) is 0 Å². The topological polar surface area (TPSA) is 0 Å². The largest absolute Gasteiger partial charge is 0.0617 e. The van der Waals surface area contributed by atoms with Crippen LogP contribution in [0.2, 0.25) is 0 Å². The van der Waals surface area contributed by atoms with Crippen molar-refractivity contribution >= 4 is 0 Å². The van der Waals surface area contributed by atoms with Gasteiger partial charge in [0.25, 0.3) is 0 Å². The maximum atomic E-state index is 4.04. The van der Waals surface area contributed by atoms with Crippen LogP contribution in [0.25, 0.3) is 11.1 Å². The van der Waals surface area contributed by atoms with E-state index in [1.807, 2.05) is 36.4 Å². The smallest absolute Gasteiger partial charge is 0.0114 e. The van der Waals surface area contributed by atoms with Gasteiger partial charge in [0.1, 0.15) is 0 Å². The highest BCUT2D eigenvalue weighted by Crippen LogP contribution is 2.32. The Bertz CT molecular complexity index is 432. The average molecular weight is 206 g/mol. The van der Waals surface area contributed by atoms with Crippen molar-refractivity contribution in [2.75, 3.05) is 0 Å². The molecule has 4 radical (unpaired) electrons. The molecule has 0 aliphatic carbocycles. The lowest BCUT2D eigenvalue weighted by Crippen LogP contribution is -1.93. The van der Waals surface area contributed by atoms with Crippen molar-refractivity contribution in [1.29, 1.82) is 0 Å². The van der Waals surface area contributed by atoms with Crippen LogP contribution in [0.4, 0.5) is 0 Å². The summed E-state index contributed by atoms with van der Waals surface area (Å²) >= 11 is 0. The molecular weight excluding hydrogens is 192 g/mol. The van der Waals surface area contributed by atoms with E-state index in [2.05, 4.69) is 27.7 Å². The first-order valence-corrected chi connectivity index (χ1v) is 5.15. The summed E-state index contributed by atoms with van der Waals surface area (Å²) in [5, 5.41) is 0. The fourth-order valence-corrected chi connectivity index (χ4v) is 1.95. The van der Waals surface area contributed by atoms with Crippen LogP contribution in [0.15, 0.2) is 36.4 Å². The molecule has 0 N–H and O–H groups in total. The van der Waals surface area contributed by atoms with Gasteiger partial charge in [-0.25, -0.2) is 0 Å². The van der Waals surface area contributed by atoms with E-state index in [0.29, 0.717) is 0 Å². The van der Waals surface area contributed by atoms with Gasteiger partial charge in [-0.2, -0.15) is 0 Å². The molecule has 0 spiro atoms. The van der Waals surface area contributed by atoms with E-state index < -0.39 is 0 Å². The zero-order valence-electron chi connectivity index (χ0n) is 9.29. The quantitative estimate of drug-likeness (QED) is 0.659. The third-order valence-corrected chi connectivity index (χ3v) is 2.72. The number of benzene rings is 2. The summed E-state index contributed by atoms with van der Waals surface area (Å²) in [6.45, 7) is 16.2. The normalized spacial score (nSPS) is 10.5. The summed E-state index contributed by atoms with van der Waals surface area (Å²) in [5.41, 5.74) is 5.97. The summed E-state index contributed by atoms with van der Waals surface area (Å²) in [5.74, 6) is 0. The van der Waals surface area contributed by atoms with E-state index in [1.165, 1.54) is 0 Å². The summed E-state index contributed by atoms with van der Waals surface area (Å²) in [4.78, 5) is 0. The predicted molar refractivity (Wildman–Crippen MR) is 69.7 cm³/mol. The van der Waals surface area contributed by atoms with Gasteiger partial charge in [0.2, 0.25) is 0 Å². The van der Waals surface area contributed by atoms with Gasteiger partial charge in [0.05, 0.1) is 0 Å². The van der Waals surface area contributed by atoms with Crippen LogP contribution in [0.1, 0.15) is 22.3 Å². The average Bonchev–Trinajstić information content (AvgIpc) is 2.21. The van der Waals surface area contributed by atoms with Gasteiger partial charge in [-0.15, -0.1) is 0 Å². The first kappa shape index (κ1) is 10.9. The van der Waals surface area contributed by atoms with E-state index in [4.69, 9.17) is 0 Å². The summed E-state index contributed by atoms with van der Waals surface area (Å²) in [6.07, 6.45) is 0. The van der Waals surface area contributed by atoms with E-state index in [1.54, 1.807) is 0 Å². The standard InChI is InChI=1S/C16H14/c1-11-7-5-8-12(2)15(11)16-13(3)9-6-10-14(16)4/h5-10H,1-4H2. The molecule has 0 aliphatic rings. The third kappa shape index (κ3) is 1.76. The van der Waals surface area contributed by atoms with Crippen LogP contribution < -0.4 is 0 Å². The fraction of sp³-hybridized carbons (Fsp3) is 0. The minimum absolute atomic E-state index is 0.966. The van der Waals surface area contributed by atoms with E-state index in [-0.39, 0.29) is 0 Å². The molecule has 0 nitrogen and oxygen atoms in total. The van der Waals surface area contributed by atoms with E-state index in [9.17, 15) is 0 Å². The van der Waals surface area contributed by atoms with Crippen LogP contribution in [-0.4, -0.2) is 0 Å². The van der Waals surface area contributed by atoms with Gasteiger partial charge in [0.15, 0.2) is 0 Å². The monoisotopic (exact) mass is 206 g/mol. The number of hydrogen-bond acceptors (Lipinski definition) is 0. The molecule has 0 saturated carbocycles. The minimum Gasteiger partial charge on any atom is -0.0617 e. The zero-order valence-corrected chi connectivity index (χ0v) is 9.29. The SMILES string of the molecule is [CH2]c1cccc([CH2])c1-c1c([CH2])cccc1[CH2]. The minimum atomic E-state index is 0.966. The molecule has 2 aromatic rings. The van der Waals surface area contributed by atoms with Gasteiger partial charge >= 0.3 is 0 Å². The molecular formula is C16H14. The van der Waals surface area contributed by atoms with Crippen molar-refractivity contribution in [2.45, 2.75) is 0 Å². The number of hydrogen-bond donors (Lipinski definition) is 0. The Hall–Kier alpha value is -1.56. The molecule has 0 atom stereocenters. The van der Waals surface area contributed by atoms with E-state index in [0.717, 1.165) is 33.4 Å². The highest BCUT2D eigenvalue weighted by atomic mass is 14.1. The molecule has 16 heavy (non-hydrogen) atoms. The van der Waals surface area contributed by atoms with E-state index >= 15 is 0 Å². The lowest BCUT2D eigenvalue weighted by atomic mass is 9.90. The Morgan fingerprint density at radius 3 is 1.00 bits per heavy atom. The van der Waals surface area contributed by atoms with Crippen LogP contribution in [0.3, 0.4) is 0 Å². The maximum Gasteiger partial charge on any atom is -0.0114 e. The van der Waals surface area contributed by atoms with Crippen molar-refractivity contribution < 1.29 is 0 Å². The second-order valence-corrected chi connectivity index (χ2v) is 3.90. The molecule has 0 aliphatic heterocycles.